The fourth-order valence-electron chi connectivity index (χ4n) is 2.85. The molecule has 2 aromatic rings. The summed E-state index contributed by atoms with van der Waals surface area (Å²) in [6, 6.07) is 9.44. The highest BCUT2D eigenvalue weighted by atomic mass is 32.1. The number of hydrogen-bond donors (Lipinski definition) is 2. The molecule has 3 rings (SSSR count). The average Bonchev–Trinajstić information content (AvgIpc) is 3.12. The van der Waals surface area contributed by atoms with E-state index in [-0.39, 0.29) is 11.5 Å². The van der Waals surface area contributed by atoms with Crippen molar-refractivity contribution in [2.75, 3.05) is 11.9 Å². The summed E-state index contributed by atoms with van der Waals surface area (Å²) in [4.78, 5) is 24.6. The summed E-state index contributed by atoms with van der Waals surface area (Å²) < 4.78 is 5.55. The Morgan fingerprint density at radius 2 is 2.00 bits per heavy atom. The molecule has 0 saturated carbocycles. The summed E-state index contributed by atoms with van der Waals surface area (Å²) in [6.07, 6.45) is 3.56. The molecule has 0 fully saturated rings. The number of benzene rings is 1. The van der Waals surface area contributed by atoms with Crippen LogP contribution in [0.4, 0.5) is 5.00 Å². The smallest absolute Gasteiger partial charge is 0.339 e. The van der Waals surface area contributed by atoms with Gasteiger partial charge in [-0.3, -0.25) is 4.79 Å². The first-order chi connectivity index (χ1) is 11.6. The van der Waals surface area contributed by atoms with Crippen LogP contribution < -0.4 is 10.1 Å². The first kappa shape index (κ1) is 16.5. The molecule has 1 heterocycles. The molecular weight excluding hydrogens is 326 g/mol. The Morgan fingerprint density at radius 3 is 2.75 bits per heavy atom. The molecule has 0 aliphatic heterocycles. The van der Waals surface area contributed by atoms with Gasteiger partial charge in [0, 0.05) is 11.3 Å². The zero-order valence-corrected chi connectivity index (χ0v) is 14.0. The number of para-hydroxylation sites is 1. The van der Waals surface area contributed by atoms with Crippen LogP contribution in [0.1, 0.15) is 40.1 Å². The number of aryl methyl sites for hydroxylation is 1. The lowest BCUT2D eigenvalue weighted by atomic mass is 10.1. The van der Waals surface area contributed by atoms with E-state index in [0.717, 1.165) is 35.5 Å². The summed E-state index contributed by atoms with van der Waals surface area (Å²) in [5.41, 5.74) is 1.18. The van der Waals surface area contributed by atoms with Gasteiger partial charge in [0.15, 0.2) is 0 Å². The van der Waals surface area contributed by atoms with Gasteiger partial charge in [-0.05, 0) is 43.4 Å². The SMILES string of the molecule is O=C(CCCOc1ccccc1)Nc1sc2c(c1C(=O)O)CCC2. The lowest BCUT2D eigenvalue weighted by Crippen LogP contribution is -2.14. The van der Waals surface area contributed by atoms with Gasteiger partial charge in [0.2, 0.25) is 5.91 Å². The number of hydrogen-bond acceptors (Lipinski definition) is 4. The summed E-state index contributed by atoms with van der Waals surface area (Å²) in [7, 11) is 0. The summed E-state index contributed by atoms with van der Waals surface area (Å²) >= 11 is 1.40. The maximum atomic E-state index is 12.1. The molecule has 0 atom stereocenters. The molecular formula is C18H19NO4S. The van der Waals surface area contributed by atoms with E-state index < -0.39 is 5.97 Å². The van der Waals surface area contributed by atoms with E-state index >= 15 is 0 Å². The van der Waals surface area contributed by atoms with Gasteiger partial charge in [-0.1, -0.05) is 18.2 Å². The van der Waals surface area contributed by atoms with E-state index in [1.807, 2.05) is 30.3 Å². The average molecular weight is 345 g/mol. The number of nitrogens with one attached hydrogen (secondary N) is 1. The second-order valence-corrected chi connectivity index (χ2v) is 6.79. The molecule has 1 aliphatic carbocycles. The molecule has 6 heteroatoms. The molecule has 1 aliphatic rings. The van der Waals surface area contributed by atoms with Crippen LogP contribution in [0.25, 0.3) is 0 Å². The minimum atomic E-state index is -0.961. The summed E-state index contributed by atoms with van der Waals surface area (Å²) in [5, 5.41) is 12.6. The maximum Gasteiger partial charge on any atom is 0.339 e. The molecule has 2 N–H and O–H groups in total. The molecule has 0 spiro atoms. The van der Waals surface area contributed by atoms with E-state index in [0.29, 0.717) is 24.4 Å². The molecule has 0 unspecified atom stereocenters. The van der Waals surface area contributed by atoms with Crippen LogP contribution in [0, 0.1) is 0 Å². The Hall–Kier alpha value is -2.34. The molecule has 0 bridgehead atoms. The fourth-order valence-corrected chi connectivity index (χ4v) is 4.14. The number of aromatic carboxylic acids is 1. The van der Waals surface area contributed by atoms with E-state index in [9.17, 15) is 14.7 Å². The Labute approximate surface area is 144 Å². The lowest BCUT2D eigenvalue weighted by Gasteiger charge is -2.07. The summed E-state index contributed by atoms with van der Waals surface area (Å²) in [6.45, 7) is 0.449. The minimum absolute atomic E-state index is 0.172. The van der Waals surface area contributed by atoms with Gasteiger partial charge in [-0.15, -0.1) is 11.3 Å². The normalized spacial score (nSPS) is 12.7. The van der Waals surface area contributed by atoms with Crippen LogP contribution in [-0.2, 0) is 17.6 Å². The van der Waals surface area contributed by atoms with Crippen molar-refractivity contribution in [3.05, 3.63) is 46.3 Å². The van der Waals surface area contributed by atoms with Crippen LogP contribution in [-0.4, -0.2) is 23.6 Å². The van der Waals surface area contributed by atoms with Gasteiger partial charge in [-0.25, -0.2) is 4.79 Å². The van der Waals surface area contributed by atoms with Crippen molar-refractivity contribution < 1.29 is 19.4 Å². The van der Waals surface area contributed by atoms with Crippen molar-refractivity contribution in [2.45, 2.75) is 32.1 Å². The number of fused-ring (bicyclic) bond motifs is 1. The third-order valence-electron chi connectivity index (χ3n) is 3.95. The van der Waals surface area contributed by atoms with Crippen molar-refractivity contribution in [3.8, 4) is 5.75 Å². The highest BCUT2D eigenvalue weighted by Crippen LogP contribution is 2.39. The first-order valence-electron chi connectivity index (χ1n) is 8.00. The second-order valence-electron chi connectivity index (χ2n) is 5.68. The Morgan fingerprint density at radius 1 is 1.21 bits per heavy atom. The first-order valence-corrected chi connectivity index (χ1v) is 8.82. The molecule has 1 aromatic heterocycles. The molecule has 24 heavy (non-hydrogen) atoms. The highest BCUT2D eigenvalue weighted by molar-refractivity contribution is 7.17. The van der Waals surface area contributed by atoms with E-state index in [2.05, 4.69) is 5.32 Å². The molecule has 1 aromatic carbocycles. The Kier molecular flexibility index (Phi) is 5.15. The quantitative estimate of drug-likeness (QED) is 0.750. The largest absolute Gasteiger partial charge is 0.494 e. The minimum Gasteiger partial charge on any atom is -0.494 e. The Balaban J connectivity index is 1.51. The van der Waals surface area contributed by atoms with Crippen LogP contribution in [0.5, 0.6) is 5.75 Å². The second kappa shape index (κ2) is 7.49. The predicted molar refractivity (Wildman–Crippen MR) is 93.1 cm³/mol. The highest BCUT2D eigenvalue weighted by Gasteiger charge is 2.26. The van der Waals surface area contributed by atoms with Crippen LogP contribution in [0.15, 0.2) is 30.3 Å². The number of thiophene rings is 1. The van der Waals surface area contributed by atoms with Crippen molar-refractivity contribution in [1.82, 2.24) is 0 Å². The standard InChI is InChI=1S/C18H19NO4S/c20-15(10-5-11-23-12-6-2-1-3-7-12)19-17-16(18(21)22)13-8-4-9-14(13)24-17/h1-3,6-7H,4-5,8-11H2,(H,19,20)(H,21,22). The van der Waals surface area contributed by atoms with Crippen molar-refractivity contribution in [3.63, 3.8) is 0 Å². The van der Waals surface area contributed by atoms with Gasteiger partial charge in [0.1, 0.15) is 10.8 Å². The third-order valence-corrected chi connectivity index (χ3v) is 5.16. The molecule has 126 valence electrons. The number of amides is 1. The van der Waals surface area contributed by atoms with Crippen LogP contribution >= 0.6 is 11.3 Å². The van der Waals surface area contributed by atoms with Gasteiger partial charge in [-0.2, -0.15) is 0 Å². The van der Waals surface area contributed by atoms with Crippen molar-refractivity contribution in [1.29, 1.82) is 0 Å². The monoisotopic (exact) mass is 345 g/mol. The van der Waals surface area contributed by atoms with Gasteiger partial charge >= 0.3 is 5.97 Å². The topological polar surface area (TPSA) is 75.6 Å². The molecule has 1 amide bonds. The number of carboxylic acids is 1. The number of ether oxygens (including phenoxy) is 1. The maximum absolute atomic E-state index is 12.1. The van der Waals surface area contributed by atoms with Gasteiger partial charge in [0.25, 0.3) is 0 Å². The number of rotatable bonds is 7. The predicted octanol–water partition coefficient (Wildman–Crippen LogP) is 3.73. The molecule has 0 saturated heterocycles. The van der Waals surface area contributed by atoms with E-state index in [1.54, 1.807) is 0 Å². The Bertz CT molecular complexity index is 739. The molecule has 5 nitrogen and oxygen atoms in total. The number of carbonyl (C=O) groups is 2. The number of carbonyl (C=O) groups excluding carboxylic acids is 1. The summed E-state index contributed by atoms with van der Waals surface area (Å²) in [5.74, 6) is -0.355. The van der Waals surface area contributed by atoms with Crippen molar-refractivity contribution in [2.24, 2.45) is 0 Å². The number of carboxylic acid groups (broad SMARTS) is 1. The van der Waals surface area contributed by atoms with Gasteiger partial charge in [0.05, 0.1) is 12.2 Å². The zero-order chi connectivity index (χ0) is 16.9. The molecule has 0 radical (unpaired) electrons. The van der Waals surface area contributed by atoms with Crippen LogP contribution in [0.3, 0.4) is 0 Å². The van der Waals surface area contributed by atoms with E-state index in [4.69, 9.17) is 4.74 Å². The van der Waals surface area contributed by atoms with Gasteiger partial charge < -0.3 is 15.2 Å². The lowest BCUT2D eigenvalue weighted by molar-refractivity contribution is -0.116. The van der Waals surface area contributed by atoms with Crippen LogP contribution in [0.2, 0.25) is 0 Å². The van der Waals surface area contributed by atoms with E-state index in [1.165, 1.54) is 11.3 Å². The van der Waals surface area contributed by atoms with Crippen molar-refractivity contribution >= 4 is 28.2 Å². The fraction of sp³-hybridized carbons (Fsp3) is 0.333. The number of anilines is 1. The third kappa shape index (κ3) is 3.76. The zero-order valence-electron chi connectivity index (χ0n) is 13.2.